The van der Waals surface area contributed by atoms with Gasteiger partial charge in [-0.3, -0.25) is 9.36 Å². The Morgan fingerprint density at radius 3 is 2.68 bits per heavy atom. The summed E-state index contributed by atoms with van der Waals surface area (Å²) in [6, 6.07) is 16.7. The van der Waals surface area contributed by atoms with Crippen LogP contribution in [0.25, 0.3) is 27.5 Å². The monoisotopic (exact) mass is 475 g/mol. The molecule has 9 heteroatoms. The number of nitrogens with one attached hydrogen (secondary N) is 1. The molecule has 4 rings (SSSR count). The van der Waals surface area contributed by atoms with E-state index in [0.29, 0.717) is 53.6 Å². The number of thioether (sulfide) groups is 1. The number of nitriles is 1. The fourth-order valence-electron chi connectivity index (χ4n) is 3.62. The van der Waals surface area contributed by atoms with Crippen LogP contribution in [0, 0.1) is 11.3 Å². The van der Waals surface area contributed by atoms with Gasteiger partial charge in [0, 0.05) is 19.8 Å². The third kappa shape index (κ3) is 4.83. The number of fused-ring (bicyclic) bond motifs is 2. The van der Waals surface area contributed by atoms with E-state index < -0.39 is 5.25 Å². The lowest BCUT2D eigenvalue weighted by Crippen LogP contribution is -2.25. The first-order valence-electron chi connectivity index (χ1n) is 11.1. The van der Waals surface area contributed by atoms with Crippen molar-refractivity contribution in [1.29, 1.82) is 5.26 Å². The number of hydrogen-bond donors (Lipinski definition) is 2. The first-order valence-corrected chi connectivity index (χ1v) is 11.9. The molecule has 0 radical (unpaired) electrons. The molecule has 0 saturated heterocycles. The van der Waals surface area contributed by atoms with Gasteiger partial charge in [0.2, 0.25) is 0 Å². The van der Waals surface area contributed by atoms with E-state index in [-0.39, 0.29) is 16.9 Å². The van der Waals surface area contributed by atoms with E-state index >= 15 is 0 Å². The van der Waals surface area contributed by atoms with Crippen molar-refractivity contribution < 1.29 is 9.84 Å². The Morgan fingerprint density at radius 2 is 1.94 bits per heavy atom. The average Bonchev–Trinajstić information content (AvgIpc) is 3.27. The molecule has 2 aromatic heterocycles. The molecule has 0 saturated carbocycles. The van der Waals surface area contributed by atoms with Gasteiger partial charge in [0.05, 0.1) is 27.2 Å². The maximum Gasteiger partial charge on any atom is 0.262 e. The van der Waals surface area contributed by atoms with Crippen molar-refractivity contribution in [2.24, 2.45) is 0 Å². The molecule has 0 aliphatic heterocycles. The van der Waals surface area contributed by atoms with E-state index in [1.807, 2.05) is 43.3 Å². The molecule has 34 heavy (non-hydrogen) atoms. The summed E-state index contributed by atoms with van der Waals surface area (Å²) in [5.41, 5.74) is 1.99. The summed E-state index contributed by atoms with van der Waals surface area (Å²) in [5, 5.41) is 21.2. The molecule has 0 fully saturated rings. The van der Waals surface area contributed by atoms with Gasteiger partial charge in [0.1, 0.15) is 17.4 Å². The third-order valence-electron chi connectivity index (χ3n) is 5.36. The zero-order chi connectivity index (χ0) is 24.1. The maximum absolute atomic E-state index is 13.2. The quantitative estimate of drug-likeness (QED) is 0.119. The van der Waals surface area contributed by atoms with Gasteiger partial charge in [-0.25, -0.2) is 9.97 Å². The lowest BCUT2D eigenvalue weighted by atomic mass is 10.2. The van der Waals surface area contributed by atoms with Crippen LogP contribution in [0.1, 0.15) is 26.1 Å². The van der Waals surface area contributed by atoms with Gasteiger partial charge in [-0.1, -0.05) is 36.0 Å². The molecule has 1 atom stereocenters. The number of H-pyrrole nitrogens is 1. The van der Waals surface area contributed by atoms with Crippen molar-refractivity contribution >= 4 is 39.3 Å². The Hall–Kier alpha value is -3.61. The molecule has 0 bridgehead atoms. The van der Waals surface area contributed by atoms with Crippen LogP contribution in [0.4, 0.5) is 0 Å². The van der Waals surface area contributed by atoms with Crippen molar-refractivity contribution in [2.75, 3.05) is 13.2 Å². The third-order valence-corrected chi connectivity index (χ3v) is 6.46. The summed E-state index contributed by atoms with van der Waals surface area (Å²) < 4.78 is 7.04. The molecule has 2 heterocycles. The standard InChI is InChI=1S/C25H25N5O3S/c1-3-33-14-8-13-30-24(32)17-9-4-5-10-19(17)29-25(30)34-16(2)22(31)18(15-26)23-27-20-11-6-7-12-21(20)28-23/h4-7,9-12,16,31H,3,8,13-14H2,1-2H3,(H,27,28)/b22-18-. The molecular weight excluding hydrogens is 450 g/mol. The highest BCUT2D eigenvalue weighted by Gasteiger charge is 2.22. The molecule has 2 aromatic carbocycles. The summed E-state index contributed by atoms with van der Waals surface area (Å²) in [4.78, 5) is 25.4. The first-order chi connectivity index (χ1) is 16.5. The minimum atomic E-state index is -0.547. The van der Waals surface area contributed by atoms with Crippen LogP contribution in [0.3, 0.4) is 0 Å². The zero-order valence-corrected chi connectivity index (χ0v) is 19.8. The highest BCUT2D eigenvalue weighted by atomic mass is 32.2. The summed E-state index contributed by atoms with van der Waals surface area (Å²) in [5.74, 6) is 0.170. The van der Waals surface area contributed by atoms with Gasteiger partial charge in [-0.05, 0) is 44.5 Å². The first kappa shape index (κ1) is 23.5. The van der Waals surface area contributed by atoms with E-state index in [0.717, 1.165) is 5.52 Å². The van der Waals surface area contributed by atoms with Crippen molar-refractivity contribution in [3.05, 3.63) is 70.5 Å². The van der Waals surface area contributed by atoms with Gasteiger partial charge in [-0.2, -0.15) is 5.26 Å². The largest absolute Gasteiger partial charge is 0.510 e. The number of aliphatic hydroxyl groups excluding tert-OH is 1. The van der Waals surface area contributed by atoms with Gasteiger partial charge < -0.3 is 14.8 Å². The van der Waals surface area contributed by atoms with Crippen molar-refractivity contribution in [1.82, 2.24) is 19.5 Å². The van der Waals surface area contributed by atoms with E-state index in [4.69, 9.17) is 9.72 Å². The Kier molecular flexibility index (Phi) is 7.30. The Morgan fingerprint density at radius 1 is 1.21 bits per heavy atom. The normalized spacial score (nSPS) is 13.1. The second kappa shape index (κ2) is 10.5. The lowest BCUT2D eigenvalue weighted by molar-refractivity contribution is 0.140. The molecule has 0 spiro atoms. The second-order valence-corrected chi connectivity index (χ2v) is 8.96. The van der Waals surface area contributed by atoms with Crippen LogP contribution < -0.4 is 5.56 Å². The van der Waals surface area contributed by atoms with E-state index in [9.17, 15) is 15.2 Å². The van der Waals surface area contributed by atoms with Gasteiger partial charge in [0.25, 0.3) is 5.56 Å². The minimum Gasteiger partial charge on any atom is -0.510 e. The van der Waals surface area contributed by atoms with Crippen molar-refractivity contribution in [2.45, 2.75) is 37.2 Å². The second-order valence-electron chi connectivity index (χ2n) is 7.65. The number of nitrogens with zero attached hydrogens (tertiary/aromatic N) is 4. The number of para-hydroxylation sites is 3. The SMILES string of the molecule is CCOCCCn1c(SC(C)/C(O)=C(\C#N)c2nc3ccccc3[nH]2)nc2ccccc2c1=O. The molecular formula is C25H25N5O3S. The number of benzene rings is 2. The smallest absolute Gasteiger partial charge is 0.262 e. The fourth-order valence-corrected chi connectivity index (χ4v) is 4.62. The van der Waals surface area contributed by atoms with Crippen LogP contribution in [0.2, 0.25) is 0 Å². The van der Waals surface area contributed by atoms with Crippen LogP contribution in [0.15, 0.2) is 64.2 Å². The number of allylic oxidation sites excluding steroid dienone is 1. The molecule has 2 N–H and O–H groups in total. The number of ether oxygens (including phenoxy) is 1. The molecule has 8 nitrogen and oxygen atoms in total. The predicted octanol–water partition coefficient (Wildman–Crippen LogP) is 4.67. The highest BCUT2D eigenvalue weighted by Crippen LogP contribution is 2.30. The van der Waals surface area contributed by atoms with Crippen molar-refractivity contribution in [3.63, 3.8) is 0 Å². The summed E-state index contributed by atoms with van der Waals surface area (Å²) in [6.45, 7) is 5.28. The molecule has 0 aliphatic carbocycles. The van der Waals surface area contributed by atoms with Crippen LogP contribution >= 0.6 is 11.8 Å². The van der Waals surface area contributed by atoms with Gasteiger partial charge >= 0.3 is 0 Å². The Bertz CT molecular complexity index is 1420. The zero-order valence-electron chi connectivity index (χ0n) is 19.0. The molecule has 4 aromatic rings. The minimum absolute atomic E-state index is 0.0576. The van der Waals surface area contributed by atoms with E-state index in [1.165, 1.54) is 11.8 Å². The number of aliphatic hydroxyl groups is 1. The molecule has 0 amide bonds. The fraction of sp³-hybridized carbons (Fsp3) is 0.280. The maximum atomic E-state index is 13.2. The number of imidazole rings is 1. The summed E-state index contributed by atoms with van der Waals surface area (Å²) >= 11 is 1.23. The number of aromatic amines is 1. The summed E-state index contributed by atoms with van der Waals surface area (Å²) in [7, 11) is 0. The molecule has 174 valence electrons. The number of rotatable bonds is 9. The molecule has 1 unspecified atom stereocenters. The number of aromatic nitrogens is 4. The molecule has 0 aliphatic rings. The Balaban J connectivity index is 1.69. The summed E-state index contributed by atoms with van der Waals surface area (Å²) in [6.07, 6.45) is 0.653. The topological polar surface area (TPSA) is 117 Å². The van der Waals surface area contributed by atoms with Crippen LogP contribution in [0.5, 0.6) is 0 Å². The van der Waals surface area contributed by atoms with Gasteiger partial charge in [0.15, 0.2) is 11.0 Å². The van der Waals surface area contributed by atoms with Crippen LogP contribution in [-0.2, 0) is 11.3 Å². The lowest BCUT2D eigenvalue weighted by Gasteiger charge is -2.16. The predicted molar refractivity (Wildman–Crippen MR) is 134 cm³/mol. The van der Waals surface area contributed by atoms with Crippen molar-refractivity contribution in [3.8, 4) is 6.07 Å². The number of hydrogen-bond acceptors (Lipinski definition) is 7. The Labute approximate surface area is 200 Å². The average molecular weight is 476 g/mol. The van der Waals surface area contributed by atoms with E-state index in [1.54, 1.807) is 23.6 Å². The van der Waals surface area contributed by atoms with E-state index in [2.05, 4.69) is 16.0 Å². The highest BCUT2D eigenvalue weighted by molar-refractivity contribution is 7.99. The van der Waals surface area contributed by atoms with Crippen LogP contribution in [-0.4, -0.2) is 43.1 Å². The van der Waals surface area contributed by atoms with Gasteiger partial charge in [-0.15, -0.1) is 0 Å².